The maximum absolute atomic E-state index is 12.1. The van der Waals surface area contributed by atoms with Crippen molar-refractivity contribution < 1.29 is 4.79 Å². The van der Waals surface area contributed by atoms with Gasteiger partial charge in [-0.2, -0.15) is 0 Å². The van der Waals surface area contributed by atoms with Gasteiger partial charge in [-0.05, 0) is 24.6 Å². The highest BCUT2D eigenvalue weighted by molar-refractivity contribution is 7.16. The van der Waals surface area contributed by atoms with E-state index in [0.717, 1.165) is 27.3 Å². The number of nitrogens with one attached hydrogen (secondary N) is 1. The topological polar surface area (TPSA) is 54.9 Å². The monoisotopic (exact) mass is 303 g/mol. The molecule has 0 atom stereocenters. The van der Waals surface area contributed by atoms with Gasteiger partial charge in [0.05, 0.1) is 28.0 Å². The molecule has 1 amide bonds. The lowest BCUT2D eigenvalue weighted by molar-refractivity contribution is 0.0951. The van der Waals surface area contributed by atoms with E-state index in [-0.39, 0.29) is 5.91 Å². The van der Waals surface area contributed by atoms with Gasteiger partial charge >= 0.3 is 0 Å². The number of carbonyl (C=O) groups is 1. The Morgan fingerprint density at radius 1 is 1.35 bits per heavy atom. The first-order valence-corrected chi connectivity index (χ1v) is 8.07. The zero-order valence-corrected chi connectivity index (χ0v) is 12.6. The van der Waals surface area contributed by atoms with Gasteiger partial charge < -0.3 is 5.32 Å². The Labute approximate surface area is 124 Å². The number of aromatic nitrogens is 2. The van der Waals surface area contributed by atoms with E-state index in [1.54, 1.807) is 22.9 Å². The molecule has 0 radical (unpaired) electrons. The lowest BCUT2D eigenvalue weighted by atomic mass is 10.2. The van der Waals surface area contributed by atoms with Crippen LogP contribution in [0, 0.1) is 0 Å². The first-order chi connectivity index (χ1) is 9.76. The molecule has 20 heavy (non-hydrogen) atoms. The van der Waals surface area contributed by atoms with E-state index in [2.05, 4.69) is 22.2 Å². The first kappa shape index (κ1) is 13.2. The van der Waals surface area contributed by atoms with E-state index < -0.39 is 0 Å². The van der Waals surface area contributed by atoms with Crippen molar-refractivity contribution in [3.63, 3.8) is 0 Å². The zero-order valence-electron chi connectivity index (χ0n) is 10.9. The third kappa shape index (κ3) is 2.71. The molecule has 0 aliphatic carbocycles. The summed E-state index contributed by atoms with van der Waals surface area (Å²) in [5, 5.41) is 5.87. The maximum Gasteiger partial charge on any atom is 0.251 e. The van der Waals surface area contributed by atoms with Crippen LogP contribution in [0.25, 0.3) is 10.2 Å². The minimum atomic E-state index is -0.0754. The van der Waals surface area contributed by atoms with Crippen LogP contribution >= 0.6 is 22.7 Å². The second kappa shape index (κ2) is 5.68. The fourth-order valence-electron chi connectivity index (χ4n) is 1.85. The molecule has 0 aliphatic heterocycles. The lowest BCUT2D eigenvalue weighted by Gasteiger charge is -2.03. The molecule has 3 aromatic rings. The van der Waals surface area contributed by atoms with Gasteiger partial charge in [0.25, 0.3) is 5.91 Å². The number of carbonyl (C=O) groups excluding carboxylic acids is 1. The van der Waals surface area contributed by atoms with E-state index in [1.807, 2.05) is 17.5 Å². The first-order valence-electron chi connectivity index (χ1n) is 6.31. The lowest BCUT2D eigenvalue weighted by Crippen LogP contribution is -2.22. The highest BCUT2D eigenvalue weighted by Crippen LogP contribution is 2.19. The van der Waals surface area contributed by atoms with Crippen LogP contribution in [0.5, 0.6) is 0 Å². The Balaban J connectivity index is 1.69. The Kier molecular flexibility index (Phi) is 3.75. The molecule has 0 unspecified atom stereocenters. The summed E-state index contributed by atoms with van der Waals surface area (Å²) in [6.07, 6.45) is 0.923. The van der Waals surface area contributed by atoms with Crippen LogP contribution in [0.3, 0.4) is 0 Å². The molecule has 2 aromatic heterocycles. The van der Waals surface area contributed by atoms with E-state index in [9.17, 15) is 4.79 Å². The standard InChI is InChI=1S/C14H13N3OS2/c1-2-10-7-19-13(17-10)6-15-14(18)9-3-4-11-12(5-9)20-8-16-11/h3-5,7-8H,2,6H2,1H3,(H,15,18). The molecule has 102 valence electrons. The van der Waals surface area contributed by atoms with Crippen molar-refractivity contribution in [2.75, 3.05) is 0 Å². The third-order valence-electron chi connectivity index (χ3n) is 2.96. The summed E-state index contributed by atoms with van der Waals surface area (Å²) in [5.74, 6) is -0.0754. The van der Waals surface area contributed by atoms with E-state index in [1.165, 1.54) is 11.3 Å². The summed E-state index contributed by atoms with van der Waals surface area (Å²) < 4.78 is 1.03. The minimum Gasteiger partial charge on any atom is -0.346 e. The van der Waals surface area contributed by atoms with Gasteiger partial charge in [-0.3, -0.25) is 4.79 Å². The van der Waals surface area contributed by atoms with Gasteiger partial charge in [-0.25, -0.2) is 9.97 Å². The predicted octanol–water partition coefficient (Wildman–Crippen LogP) is 3.25. The van der Waals surface area contributed by atoms with E-state index >= 15 is 0 Å². The molecule has 0 bridgehead atoms. The van der Waals surface area contributed by atoms with Crippen LogP contribution in [0.1, 0.15) is 28.0 Å². The summed E-state index contributed by atoms with van der Waals surface area (Å²) in [7, 11) is 0. The molecule has 4 nitrogen and oxygen atoms in total. The smallest absolute Gasteiger partial charge is 0.251 e. The van der Waals surface area contributed by atoms with Gasteiger partial charge in [0.2, 0.25) is 0 Å². The number of benzene rings is 1. The van der Waals surface area contributed by atoms with Crippen LogP contribution in [0.15, 0.2) is 29.1 Å². The van der Waals surface area contributed by atoms with Gasteiger partial charge in [0.1, 0.15) is 5.01 Å². The number of hydrogen-bond donors (Lipinski definition) is 1. The van der Waals surface area contributed by atoms with Crippen LogP contribution < -0.4 is 5.32 Å². The SMILES string of the molecule is CCc1csc(CNC(=O)c2ccc3ncsc3c2)n1. The van der Waals surface area contributed by atoms with Crippen LogP contribution in [-0.2, 0) is 13.0 Å². The van der Waals surface area contributed by atoms with Crippen molar-refractivity contribution in [2.45, 2.75) is 19.9 Å². The van der Waals surface area contributed by atoms with Gasteiger partial charge in [-0.15, -0.1) is 22.7 Å². The summed E-state index contributed by atoms with van der Waals surface area (Å²) in [4.78, 5) is 20.7. The highest BCUT2D eigenvalue weighted by atomic mass is 32.1. The van der Waals surface area contributed by atoms with Gasteiger partial charge in [0, 0.05) is 10.9 Å². The number of rotatable bonds is 4. The molecule has 1 aromatic carbocycles. The van der Waals surface area contributed by atoms with Crippen LogP contribution in [-0.4, -0.2) is 15.9 Å². The Morgan fingerprint density at radius 3 is 3.05 bits per heavy atom. The molecule has 0 spiro atoms. The van der Waals surface area contributed by atoms with E-state index in [0.29, 0.717) is 12.1 Å². The number of hydrogen-bond acceptors (Lipinski definition) is 5. The van der Waals surface area contributed by atoms with Crippen molar-refractivity contribution >= 4 is 38.8 Å². The zero-order chi connectivity index (χ0) is 13.9. The summed E-state index contributed by atoms with van der Waals surface area (Å²) in [6.45, 7) is 2.55. The summed E-state index contributed by atoms with van der Waals surface area (Å²) in [6, 6.07) is 5.55. The second-order valence-corrected chi connectivity index (χ2v) is 6.13. The van der Waals surface area contributed by atoms with Gasteiger partial charge in [0.15, 0.2) is 0 Å². The maximum atomic E-state index is 12.1. The molecule has 1 N–H and O–H groups in total. The molecule has 0 fully saturated rings. The Morgan fingerprint density at radius 2 is 2.25 bits per heavy atom. The van der Waals surface area contributed by atoms with Crippen molar-refractivity contribution in [2.24, 2.45) is 0 Å². The third-order valence-corrected chi connectivity index (χ3v) is 4.64. The molecule has 3 rings (SSSR count). The molecular formula is C14H13N3OS2. The highest BCUT2D eigenvalue weighted by Gasteiger charge is 2.08. The molecular weight excluding hydrogens is 290 g/mol. The average molecular weight is 303 g/mol. The Bertz CT molecular complexity index is 748. The normalized spacial score (nSPS) is 10.8. The van der Waals surface area contributed by atoms with Crippen LogP contribution in [0.4, 0.5) is 0 Å². The number of aryl methyl sites for hydroxylation is 1. The fraction of sp³-hybridized carbons (Fsp3) is 0.214. The quantitative estimate of drug-likeness (QED) is 0.805. The van der Waals surface area contributed by atoms with Crippen LogP contribution in [0.2, 0.25) is 0 Å². The Hall–Kier alpha value is -1.79. The van der Waals surface area contributed by atoms with Crippen molar-refractivity contribution in [3.05, 3.63) is 45.4 Å². The summed E-state index contributed by atoms with van der Waals surface area (Å²) in [5.41, 5.74) is 4.45. The molecule has 0 saturated heterocycles. The minimum absolute atomic E-state index is 0.0754. The van der Waals surface area contributed by atoms with Crippen molar-refractivity contribution in [1.82, 2.24) is 15.3 Å². The summed E-state index contributed by atoms with van der Waals surface area (Å²) >= 11 is 3.12. The molecule has 0 aliphatic rings. The predicted molar refractivity (Wildman–Crippen MR) is 82.3 cm³/mol. The fourth-order valence-corrected chi connectivity index (χ4v) is 3.38. The average Bonchev–Trinajstić information content (AvgIpc) is 3.12. The van der Waals surface area contributed by atoms with E-state index in [4.69, 9.17) is 0 Å². The number of fused-ring (bicyclic) bond motifs is 1. The number of nitrogens with zero attached hydrogens (tertiary/aromatic N) is 2. The second-order valence-electron chi connectivity index (χ2n) is 4.30. The number of amides is 1. The van der Waals surface area contributed by atoms with Crippen molar-refractivity contribution in [3.8, 4) is 0 Å². The molecule has 6 heteroatoms. The molecule has 0 saturated carbocycles. The molecule has 2 heterocycles. The number of thiazole rings is 2. The van der Waals surface area contributed by atoms with Crippen molar-refractivity contribution in [1.29, 1.82) is 0 Å². The van der Waals surface area contributed by atoms with Gasteiger partial charge in [-0.1, -0.05) is 6.92 Å². The largest absolute Gasteiger partial charge is 0.346 e.